The predicted octanol–water partition coefficient (Wildman–Crippen LogP) is 7.89. The molecule has 4 heteroatoms. The summed E-state index contributed by atoms with van der Waals surface area (Å²) in [5.41, 5.74) is 5.66. The van der Waals surface area contributed by atoms with Gasteiger partial charge in [-0.1, -0.05) is 70.2 Å². The number of rotatable bonds is 14. The average molecular weight is 491 g/mol. The Morgan fingerprint density at radius 1 is 0.667 bits per heavy atom. The first-order valence-electron chi connectivity index (χ1n) is 13.0. The molecule has 4 nitrogen and oxygen atoms in total. The third-order valence-electron chi connectivity index (χ3n) is 6.39. The van der Waals surface area contributed by atoms with Crippen LogP contribution in [0, 0.1) is 11.8 Å². The molecular formula is C32H42O4. The molecule has 0 radical (unpaired) electrons. The minimum absolute atomic E-state index is 0.432. The summed E-state index contributed by atoms with van der Waals surface area (Å²) in [5, 5.41) is 0. The molecular weight excluding hydrogens is 448 g/mol. The number of hydrogen-bond acceptors (Lipinski definition) is 4. The summed E-state index contributed by atoms with van der Waals surface area (Å²) < 4.78 is 23.2. The zero-order valence-electron chi connectivity index (χ0n) is 22.8. The van der Waals surface area contributed by atoms with E-state index in [0.29, 0.717) is 44.2 Å². The fourth-order valence-electron chi connectivity index (χ4n) is 4.68. The van der Waals surface area contributed by atoms with Gasteiger partial charge in [-0.25, -0.2) is 0 Å². The van der Waals surface area contributed by atoms with E-state index in [1.54, 1.807) is 14.2 Å². The Kier molecular flexibility index (Phi) is 10.8. The summed E-state index contributed by atoms with van der Waals surface area (Å²) in [6.45, 7) is 11.0. The third kappa shape index (κ3) is 7.84. The quantitative estimate of drug-likeness (QED) is 0.215. The molecule has 36 heavy (non-hydrogen) atoms. The highest BCUT2D eigenvalue weighted by Gasteiger charge is 2.17. The van der Waals surface area contributed by atoms with Crippen LogP contribution < -0.4 is 9.47 Å². The minimum Gasteiger partial charge on any atom is -0.490 e. The van der Waals surface area contributed by atoms with Gasteiger partial charge >= 0.3 is 0 Å². The van der Waals surface area contributed by atoms with Gasteiger partial charge in [0.2, 0.25) is 0 Å². The lowest BCUT2D eigenvalue weighted by Crippen LogP contribution is -2.12. The molecule has 0 saturated heterocycles. The molecule has 1 unspecified atom stereocenters. The Bertz CT molecular complexity index is 1010. The van der Waals surface area contributed by atoms with Gasteiger partial charge in [-0.3, -0.25) is 0 Å². The van der Waals surface area contributed by atoms with Crippen LogP contribution in [0.25, 0.3) is 11.1 Å². The maximum Gasteiger partial charge on any atom is 0.130 e. The molecule has 0 amide bonds. The fourth-order valence-corrected chi connectivity index (χ4v) is 4.68. The van der Waals surface area contributed by atoms with E-state index < -0.39 is 0 Å². The summed E-state index contributed by atoms with van der Waals surface area (Å²) in [5.74, 6) is 3.54. The van der Waals surface area contributed by atoms with E-state index in [0.717, 1.165) is 33.8 Å². The van der Waals surface area contributed by atoms with Crippen LogP contribution in [0.5, 0.6) is 11.5 Å². The van der Waals surface area contributed by atoms with Gasteiger partial charge in [0.15, 0.2) is 0 Å². The second kappa shape index (κ2) is 14.1. The zero-order valence-corrected chi connectivity index (χ0v) is 22.8. The average Bonchev–Trinajstić information content (AvgIpc) is 2.87. The van der Waals surface area contributed by atoms with Crippen molar-refractivity contribution in [1.29, 1.82) is 0 Å². The van der Waals surface area contributed by atoms with Crippen molar-refractivity contribution in [2.45, 2.75) is 53.2 Å². The Hall–Kier alpha value is -2.82. The van der Waals surface area contributed by atoms with Crippen LogP contribution in [-0.4, -0.2) is 27.4 Å². The maximum atomic E-state index is 6.24. The third-order valence-corrected chi connectivity index (χ3v) is 6.39. The molecule has 3 rings (SSSR count). The van der Waals surface area contributed by atoms with Crippen molar-refractivity contribution < 1.29 is 18.9 Å². The van der Waals surface area contributed by atoms with E-state index in [2.05, 4.69) is 76.2 Å². The lowest BCUT2D eigenvalue weighted by atomic mass is 9.82. The number of hydrogen-bond donors (Lipinski definition) is 0. The van der Waals surface area contributed by atoms with Gasteiger partial charge in [0.1, 0.15) is 24.7 Å². The van der Waals surface area contributed by atoms with Crippen molar-refractivity contribution >= 4 is 0 Å². The lowest BCUT2D eigenvalue weighted by molar-refractivity contribution is 0.164. The summed E-state index contributed by atoms with van der Waals surface area (Å²) in [7, 11) is 3.40. The van der Waals surface area contributed by atoms with Crippen molar-refractivity contribution in [3.8, 4) is 22.6 Å². The normalized spacial score (nSPS) is 12.2. The van der Waals surface area contributed by atoms with Crippen molar-refractivity contribution in [3.05, 3.63) is 83.4 Å². The maximum absolute atomic E-state index is 6.24. The van der Waals surface area contributed by atoms with Crippen molar-refractivity contribution in [2.24, 2.45) is 11.8 Å². The monoisotopic (exact) mass is 490 g/mol. The van der Waals surface area contributed by atoms with Crippen LogP contribution in [0.15, 0.2) is 66.7 Å². The highest BCUT2D eigenvalue weighted by atomic mass is 16.5. The van der Waals surface area contributed by atoms with Crippen LogP contribution in [0.3, 0.4) is 0 Å². The molecule has 0 aromatic heterocycles. The summed E-state index contributed by atoms with van der Waals surface area (Å²) >= 11 is 0. The van der Waals surface area contributed by atoms with E-state index in [9.17, 15) is 0 Å². The molecule has 0 fully saturated rings. The number of ether oxygens (including phenoxy) is 4. The molecule has 0 aliphatic rings. The lowest BCUT2D eigenvalue weighted by Gasteiger charge is -2.23. The fraction of sp³-hybridized carbons (Fsp3) is 0.438. The molecule has 0 heterocycles. The van der Waals surface area contributed by atoms with Gasteiger partial charge in [0.05, 0.1) is 13.2 Å². The van der Waals surface area contributed by atoms with Gasteiger partial charge < -0.3 is 18.9 Å². The second-order valence-electron chi connectivity index (χ2n) is 10.1. The summed E-state index contributed by atoms with van der Waals surface area (Å²) in [6.07, 6.45) is 1.20. The van der Waals surface area contributed by atoms with Crippen LogP contribution in [0.2, 0.25) is 0 Å². The summed E-state index contributed by atoms with van der Waals surface area (Å²) in [4.78, 5) is 0. The largest absolute Gasteiger partial charge is 0.490 e. The molecule has 1 atom stereocenters. The van der Waals surface area contributed by atoms with E-state index in [-0.39, 0.29) is 0 Å². The molecule has 194 valence electrons. The van der Waals surface area contributed by atoms with E-state index in [1.807, 2.05) is 18.2 Å². The van der Waals surface area contributed by atoms with Crippen molar-refractivity contribution in [3.63, 3.8) is 0 Å². The standard InChI is InChI=1S/C32H42O4/c1-23(2)18-31(24(3)4)26-12-14-30(15-13-26)35-16-17-36-32-28(21-33-5)19-27(20-29(32)22-34-6)25-10-8-7-9-11-25/h7-15,19-20,23-24,31H,16-18,21-22H2,1-6H3. The highest BCUT2D eigenvalue weighted by Crippen LogP contribution is 2.33. The highest BCUT2D eigenvalue weighted by molar-refractivity contribution is 5.67. The van der Waals surface area contributed by atoms with Gasteiger partial charge in [-0.15, -0.1) is 0 Å². The molecule has 0 bridgehead atoms. The van der Waals surface area contributed by atoms with Gasteiger partial charge in [0.25, 0.3) is 0 Å². The van der Waals surface area contributed by atoms with Crippen molar-refractivity contribution in [1.82, 2.24) is 0 Å². The molecule has 0 spiro atoms. The van der Waals surface area contributed by atoms with Crippen LogP contribution >= 0.6 is 0 Å². The number of methoxy groups -OCH3 is 2. The van der Waals surface area contributed by atoms with Crippen LogP contribution in [0.1, 0.15) is 56.7 Å². The zero-order chi connectivity index (χ0) is 25.9. The molecule has 0 aliphatic heterocycles. The first-order chi connectivity index (χ1) is 17.4. The topological polar surface area (TPSA) is 36.9 Å². The SMILES string of the molecule is COCc1cc(-c2ccccc2)cc(COC)c1OCCOc1ccc(C(CC(C)C)C(C)C)cc1. The second-order valence-corrected chi connectivity index (χ2v) is 10.1. The smallest absolute Gasteiger partial charge is 0.130 e. The van der Waals surface area contributed by atoms with Crippen LogP contribution in [-0.2, 0) is 22.7 Å². The van der Waals surface area contributed by atoms with E-state index in [4.69, 9.17) is 18.9 Å². The van der Waals surface area contributed by atoms with Crippen molar-refractivity contribution in [2.75, 3.05) is 27.4 Å². The Morgan fingerprint density at radius 3 is 1.78 bits per heavy atom. The molecule has 3 aromatic carbocycles. The predicted molar refractivity (Wildman–Crippen MR) is 148 cm³/mol. The Balaban J connectivity index is 1.67. The van der Waals surface area contributed by atoms with Gasteiger partial charge in [-0.2, -0.15) is 0 Å². The Morgan fingerprint density at radius 2 is 1.25 bits per heavy atom. The van der Waals surface area contributed by atoms with Gasteiger partial charge in [0, 0.05) is 25.3 Å². The minimum atomic E-state index is 0.432. The van der Waals surface area contributed by atoms with Gasteiger partial charge in [-0.05, 0) is 65.1 Å². The molecule has 3 aromatic rings. The summed E-state index contributed by atoms with van der Waals surface area (Å²) in [6, 6.07) is 23.2. The van der Waals surface area contributed by atoms with Crippen LogP contribution in [0.4, 0.5) is 0 Å². The molecule has 0 N–H and O–H groups in total. The first-order valence-corrected chi connectivity index (χ1v) is 13.0. The molecule has 0 aliphatic carbocycles. The molecule has 0 saturated carbocycles. The van der Waals surface area contributed by atoms with E-state index >= 15 is 0 Å². The Labute approximate surface area is 217 Å². The number of benzene rings is 3. The first kappa shape index (κ1) is 27.8. The van der Waals surface area contributed by atoms with E-state index in [1.165, 1.54) is 12.0 Å².